The summed E-state index contributed by atoms with van der Waals surface area (Å²) < 4.78 is 16.0. The first-order valence-electron chi connectivity index (χ1n) is 8.82. The number of nitrogens with two attached hydrogens (primary N) is 1. The summed E-state index contributed by atoms with van der Waals surface area (Å²) in [4.78, 5) is 24.1. The van der Waals surface area contributed by atoms with E-state index in [1.54, 1.807) is 25.6 Å². The lowest BCUT2D eigenvalue weighted by Gasteiger charge is -2.07. The number of nitrogens with zero attached hydrogens (tertiary/aromatic N) is 3. The summed E-state index contributed by atoms with van der Waals surface area (Å²) in [6, 6.07) is 3.36. The maximum absolute atomic E-state index is 11.8. The number of hydrogen-bond acceptors (Lipinski definition) is 8. The van der Waals surface area contributed by atoms with Gasteiger partial charge in [0.15, 0.2) is 5.76 Å². The molecule has 0 aliphatic rings. The normalized spacial score (nSPS) is 12.1. The molecule has 3 heterocycles. The lowest BCUT2D eigenvalue weighted by atomic mass is 10.1. The first kappa shape index (κ1) is 18.8. The van der Waals surface area contributed by atoms with Crippen molar-refractivity contribution in [1.82, 2.24) is 15.0 Å². The second-order valence-corrected chi connectivity index (χ2v) is 6.09. The highest BCUT2D eigenvalue weighted by Crippen LogP contribution is 2.29. The summed E-state index contributed by atoms with van der Waals surface area (Å²) in [5.74, 6) is 1.62. The van der Waals surface area contributed by atoms with Gasteiger partial charge in [0, 0.05) is 12.6 Å². The number of carbonyl (C=O) groups excluding carboxylic acids is 1. The van der Waals surface area contributed by atoms with Crippen LogP contribution in [0.1, 0.15) is 54.7 Å². The highest BCUT2D eigenvalue weighted by molar-refractivity contribution is 5.91. The number of methoxy groups -OCH3 is 1. The average molecular weight is 370 g/mol. The van der Waals surface area contributed by atoms with E-state index in [1.165, 1.54) is 12.5 Å². The Hall–Kier alpha value is -3.00. The van der Waals surface area contributed by atoms with Gasteiger partial charge in [0.25, 0.3) is 5.89 Å². The zero-order valence-corrected chi connectivity index (χ0v) is 15.1. The quantitative estimate of drug-likeness (QED) is 0.425. The van der Waals surface area contributed by atoms with Crippen LogP contribution in [-0.2, 0) is 0 Å². The Morgan fingerprint density at radius 3 is 2.89 bits per heavy atom. The topological polar surface area (TPSA) is 117 Å². The van der Waals surface area contributed by atoms with Crippen LogP contribution >= 0.6 is 0 Å². The standard InChI is InChI=1S/C19H22N4O4/c1-25-17-13(6-5-9-21-17)16-12-23-18(27-16)14(20)7-3-2-4-8-15(24)19-22-10-11-26-19/h5-6,9-12,14H,2-4,7-8,20H2,1H3/t14-/m0/s1. The second-order valence-electron chi connectivity index (χ2n) is 6.09. The Kier molecular flexibility index (Phi) is 6.32. The molecule has 27 heavy (non-hydrogen) atoms. The molecule has 8 heteroatoms. The molecule has 0 aliphatic heterocycles. The highest BCUT2D eigenvalue weighted by atomic mass is 16.5. The fourth-order valence-corrected chi connectivity index (χ4v) is 2.74. The van der Waals surface area contributed by atoms with E-state index < -0.39 is 0 Å². The van der Waals surface area contributed by atoms with Gasteiger partial charge < -0.3 is 19.3 Å². The number of oxazole rings is 2. The summed E-state index contributed by atoms with van der Waals surface area (Å²) in [5.41, 5.74) is 6.91. The van der Waals surface area contributed by atoms with Crippen LogP contribution in [0.2, 0.25) is 0 Å². The predicted octanol–water partition coefficient (Wildman–Crippen LogP) is 3.57. The largest absolute Gasteiger partial charge is 0.480 e. The maximum atomic E-state index is 11.8. The minimum Gasteiger partial charge on any atom is -0.480 e. The van der Waals surface area contributed by atoms with Crippen molar-refractivity contribution in [3.05, 3.63) is 48.8 Å². The smallest absolute Gasteiger partial charge is 0.263 e. The summed E-state index contributed by atoms with van der Waals surface area (Å²) >= 11 is 0. The number of pyridine rings is 1. The highest BCUT2D eigenvalue weighted by Gasteiger charge is 2.16. The van der Waals surface area contributed by atoms with Crippen molar-refractivity contribution < 1.29 is 18.4 Å². The third kappa shape index (κ3) is 4.79. The van der Waals surface area contributed by atoms with E-state index in [1.807, 2.05) is 6.07 Å². The van der Waals surface area contributed by atoms with E-state index in [4.69, 9.17) is 19.3 Å². The number of unbranched alkanes of at least 4 members (excludes halogenated alkanes) is 2. The van der Waals surface area contributed by atoms with Crippen LogP contribution in [0.4, 0.5) is 0 Å². The van der Waals surface area contributed by atoms with Gasteiger partial charge in [0.05, 0.1) is 31.1 Å². The van der Waals surface area contributed by atoms with Gasteiger partial charge in [0.2, 0.25) is 17.6 Å². The number of carbonyl (C=O) groups is 1. The molecule has 0 aromatic carbocycles. The molecule has 3 aromatic heterocycles. The van der Waals surface area contributed by atoms with E-state index in [2.05, 4.69) is 15.0 Å². The number of ether oxygens (including phenoxy) is 1. The monoisotopic (exact) mass is 370 g/mol. The summed E-state index contributed by atoms with van der Waals surface area (Å²) in [6.45, 7) is 0. The number of ketones is 1. The zero-order valence-electron chi connectivity index (χ0n) is 15.1. The lowest BCUT2D eigenvalue weighted by molar-refractivity contribution is 0.0945. The molecule has 1 atom stereocenters. The lowest BCUT2D eigenvalue weighted by Crippen LogP contribution is -2.10. The first-order valence-corrected chi connectivity index (χ1v) is 8.82. The van der Waals surface area contributed by atoms with Gasteiger partial charge in [-0.05, 0) is 25.0 Å². The van der Waals surface area contributed by atoms with Crippen LogP contribution in [0.3, 0.4) is 0 Å². The van der Waals surface area contributed by atoms with E-state index in [9.17, 15) is 4.79 Å². The minimum absolute atomic E-state index is 0.0768. The molecule has 0 fully saturated rings. The molecule has 0 saturated heterocycles. The Morgan fingerprint density at radius 2 is 2.11 bits per heavy atom. The van der Waals surface area contributed by atoms with E-state index in [-0.39, 0.29) is 17.7 Å². The SMILES string of the molecule is COc1ncccc1-c1cnc([C@@H](N)CCCCCC(=O)c2ncco2)o1. The first-order chi connectivity index (χ1) is 13.2. The Labute approximate surface area is 156 Å². The fourth-order valence-electron chi connectivity index (χ4n) is 2.74. The molecule has 0 aliphatic carbocycles. The van der Waals surface area contributed by atoms with Crippen molar-refractivity contribution in [2.24, 2.45) is 5.73 Å². The molecule has 0 spiro atoms. The van der Waals surface area contributed by atoms with Crippen molar-refractivity contribution in [2.75, 3.05) is 7.11 Å². The van der Waals surface area contributed by atoms with Crippen LogP contribution in [0.5, 0.6) is 5.88 Å². The minimum atomic E-state index is -0.302. The molecule has 8 nitrogen and oxygen atoms in total. The predicted molar refractivity (Wildman–Crippen MR) is 97.1 cm³/mol. The van der Waals surface area contributed by atoms with E-state index in [0.717, 1.165) is 31.2 Å². The number of aromatic nitrogens is 3. The Bertz CT molecular complexity index is 860. The van der Waals surface area contributed by atoms with Gasteiger partial charge >= 0.3 is 0 Å². The fraction of sp³-hybridized carbons (Fsp3) is 0.368. The molecule has 0 saturated carbocycles. The Balaban J connectivity index is 1.45. The molecule has 2 N–H and O–H groups in total. The van der Waals surface area contributed by atoms with Gasteiger partial charge in [0.1, 0.15) is 6.26 Å². The van der Waals surface area contributed by atoms with Crippen molar-refractivity contribution in [1.29, 1.82) is 0 Å². The average Bonchev–Trinajstić information content (AvgIpc) is 3.39. The van der Waals surface area contributed by atoms with E-state index >= 15 is 0 Å². The zero-order chi connectivity index (χ0) is 19.1. The maximum Gasteiger partial charge on any atom is 0.263 e. The summed E-state index contributed by atoms with van der Waals surface area (Å²) in [5, 5.41) is 0. The van der Waals surface area contributed by atoms with Crippen LogP contribution in [0.15, 0.2) is 45.8 Å². The van der Waals surface area contributed by atoms with Crippen LogP contribution in [0.25, 0.3) is 11.3 Å². The second kappa shape index (κ2) is 9.09. The molecule has 0 amide bonds. The molecule has 142 valence electrons. The van der Waals surface area contributed by atoms with Gasteiger partial charge in [-0.15, -0.1) is 0 Å². The number of rotatable bonds is 10. The molecule has 0 radical (unpaired) electrons. The van der Waals surface area contributed by atoms with Crippen LogP contribution < -0.4 is 10.5 Å². The number of Topliss-reactive ketones (excluding diaryl/α,β-unsaturated/α-hetero) is 1. The van der Waals surface area contributed by atoms with Gasteiger partial charge in [-0.2, -0.15) is 0 Å². The molecule has 3 rings (SSSR count). The van der Waals surface area contributed by atoms with Crippen LogP contribution in [-0.4, -0.2) is 27.8 Å². The number of hydrogen-bond donors (Lipinski definition) is 1. The third-order valence-corrected chi connectivity index (χ3v) is 4.16. The van der Waals surface area contributed by atoms with Crippen molar-refractivity contribution in [3.8, 4) is 17.2 Å². The summed E-state index contributed by atoms with van der Waals surface area (Å²) in [7, 11) is 1.56. The molecule has 0 unspecified atom stereocenters. The molecular formula is C19H22N4O4. The molecule has 0 bridgehead atoms. The van der Waals surface area contributed by atoms with Gasteiger partial charge in [-0.25, -0.2) is 15.0 Å². The molecule has 3 aromatic rings. The van der Waals surface area contributed by atoms with Gasteiger partial charge in [-0.1, -0.05) is 12.8 Å². The Morgan fingerprint density at radius 1 is 1.22 bits per heavy atom. The third-order valence-electron chi connectivity index (χ3n) is 4.16. The van der Waals surface area contributed by atoms with Crippen molar-refractivity contribution >= 4 is 5.78 Å². The van der Waals surface area contributed by atoms with Crippen molar-refractivity contribution in [2.45, 2.75) is 38.1 Å². The van der Waals surface area contributed by atoms with E-state index in [0.29, 0.717) is 24.0 Å². The molecular weight excluding hydrogens is 348 g/mol. The van der Waals surface area contributed by atoms with Crippen molar-refractivity contribution in [3.63, 3.8) is 0 Å². The summed E-state index contributed by atoms with van der Waals surface area (Å²) in [6.07, 6.45) is 9.80. The van der Waals surface area contributed by atoms with Gasteiger partial charge in [-0.3, -0.25) is 4.79 Å². The van der Waals surface area contributed by atoms with Crippen LogP contribution in [0, 0.1) is 0 Å².